The SMILES string of the molecule is Cc1ccccc1Oc1ccc([C@@H](C)N)cc1. The third kappa shape index (κ3) is 2.86. The predicted molar refractivity (Wildman–Crippen MR) is 70.3 cm³/mol. The minimum Gasteiger partial charge on any atom is -0.457 e. The lowest BCUT2D eigenvalue weighted by molar-refractivity contribution is 0.478. The van der Waals surface area contributed by atoms with Crippen molar-refractivity contribution in [3.8, 4) is 11.5 Å². The van der Waals surface area contributed by atoms with Gasteiger partial charge in [0.2, 0.25) is 0 Å². The molecule has 88 valence electrons. The summed E-state index contributed by atoms with van der Waals surface area (Å²) in [6.45, 7) is 4.00. The Bertz CT molecular complexity index is 489. The molecule has 0 saturated heterocycles. The molecule has 2 nitrogen and oxygen atoms in total. The Kier molecular flexibility index (Phi) is 3.45. The molecule has 2 rings (SSSR count). The fourth-order valence-electron chi connectivity index (χ4n) is 1.64. The summed E-state index contributed by atoms with van der Waals surface area (Å²) in [7, 11) is 0. The molecule has 0 unspecified atom stereocenters. The quantitative estimate of drug-likeness (QED) is 0.865. The van der Waals surface area contributed by atoms with Crippen LogP contribution < -0.4 is 10.5 Å². The highest BCUT2D eigenvalue weighted by Crippen LogP contribution is 2.25. The molecule has 0 spiro atoms. The summed E-state index contributed by atoms with van der Waals surface area (Å²) in [6.07, 6.45) is 0. The number of hydrogen-bond acceptors (Lipinski definition) is 2. The van der Waals surface area contributed by atoms with Crippen LogP contribution in [0, 0.1) is 6.92 Å². The Morgan fingerprint density at radius 1 is 1.00 bits per heavy atom. The van der Waals surface area contributed by atoms with Crippen molar-refractivity contribution in [2.45, 2.75) is 19.9 Å². The van der Waals surface area contributed by atoms with Gasteiger partial charge in [0, 0.05) is 6.04 Å². The van der Waals surface area contributed by atoms with E-state index in [-0.39, 0.29) is 6.04 Å². The number of ether oxygens (including phenoxy) is 1. The standard InChI is InChI=1S/C15H17NO/c1-11-5-3-4-6-15(11)17-14-9-7-13(8-10-14)12(2)16/h3-10,12H,16H2,1-2H3/t12-/m1/s1. The number of hydrogen-bond donors (Lipinski definition) is 1. The topological polar surface area (TPSA) is 35.2 Å². The molecule has 0 aromatic heterocycles. The van der Waals surface area contributed by atoms with Crippen LogP contribution in [0.1, 0.15) is 24.1 Å². The van der Waals surface area contributed by atoms with Crippen LogP contribution in [0.5, 0.6) is 11.5 Å². The molecule has 0 amide bonds. The van der Waals surface area contributed by atoms with E-state index in [1.54, 1.807) is 0 Å². The molecule has 2 N–H and O–H groups in total. The van der Waals surface area contributed by atoms with E-state index in [9.17, 15) is 0 Å². The molecule has 0 aliphatic carbocycles. The molecule has 2 aromatic rings. The van der Waals surface area contributed by atoms with Crippen molar-refractivity contribution >= 4 is 0 Å². The summed E-state index contributed by atoms with van der Waals surface area (Å²) in [4.78, 5) is 0. The third-order valence-corrected chi connectivity index (χ3v) is 2.73. The molecular formula is C15H17NO. The fourth-order valence-corrected chi connectivity index (χ4v) is 1.64. The van der Waals surface area contributed by atoms with E-state index >= 15 is 0 Å². The molecule has 0 aliphatic rings. The number of benzene rings is 2. The summed E-state index contributed by atoms with van der Waals surface area (Å²) in [5, 5.41) is 0. The first-order valence-corrected chi connectivity index (χ1v) is 5.76. The minimum atomic E-state index is 0.0579. The van der Waals surface area contributed by atoms with Gasteiger partial charge < -0.3 is 10.5 Å². The van der Waals surface area contributed by atoms with Crippen molar-refractivity contribution in [1.29, 1.82) is 0 Å². The zero-order chi connectivity index (χ0) is 12.3. The van der Waals surface area contributed by atoms with Crippen LogP contribution in [0.4, 0.5) is 0 Å². The third-order valence-electron chi connectivity index (χ3n) is 2.73. The second-order valence-electron chi connectivity index (χ2n) is 4.23. The van der Waals surface area contributed by atoms with Crippen molar-refractivity contribution in [2.24, 2.45) is 5.73 Å². The Hall–Kier alpha value is -1.80. The van der Waals surface area contributed by atoms with E-state index in [0.29, 0.717) is 0 Å². The summed E-state index contributed by atoms with van der Waals surface area (Å²) in [5.74, 6) is 1.73. The van der Waals surface area contributed by atoms with Gasteiger partial charge in [-0.3, -0.25) is 0 Å². The van der Waals surface area contributed by atoms with Crippen LogP contribution in [0.2, 0.25) is 0 Å². The lowest BCUT2D eigenvalue weighted by Gasteiger charge is -2.10. The summed E-state index contributed by atoms with van der Waals surface area (Å²) < 4.78 is 5.80. The maximum absolute atomic E-state index is 5.80. The molecular weight excluding hydrogens is 210 g/mol. The van der Waals surface area contributed by atoms with Gasteiger partial charge in [0.15, 0.2) is 0 Å². The zero-order valence-corrected chi connectivity index (χ0v) is 10.2. The van der Waals surface area contributed by atoms with Crippen molar-refractivity contribution in [3.63, 3.8) is 0 Å². The molecule has 1 atom stereocenters. The first-order valence-electron chi connectivity index (χ1n) is 5.76. The number of aryl methyl sites for hydroxylation is 1. The van der Waals surface area contributed by atoms with Gasteiger partial charge in [-0.2, -0.15) is 0 Å². The maximum Gasteiger partial charge on any atom is 0.130 e. The average molecular weight is 227 g/mol. The van der Waals surface area contributed by atoms with Crippen LogP contribution in [-0.2, 0) is 0 Å². The first-order chi connectivity index (χ1) is 8.16. The number of para-hydroxylation sites is 1. The van der Waals surface area contributed by atoms with E-state index in [1.807, 2.05) is 62.4 Å². The van der Waals surface area contributed by atoms with Gasteiger partial charge in [-0.1, -0.05) is 30.3 Å². The molecule has 0 heterocycles. The van der Waals surface area contributed by atoms with Gasteiger partial charge in [-0.15, -0.1) is 0 Å². The van der Waals surface area contributed by atoms with E-state index in [4.69, 9.17) is 10.5 Å². The van der Waals surface area contributed by atoms with E-state index in [2.05, 4.69) is 0 Å². The molecule has 0 saturated carbocycles. The van der Waals surface area contributed by atoms with E-state index in [1.165, 1.54) is 0 Å². The summed E-state index contributed by atoms with van der Waals surface area (Å²) in [5.41, 5.74) is 8.04. The Morgan fingerprint density at radius 2 is 1.65 bits per heavy atom. The van der Waals surface area contributed by atoms with Gasteiger partial charge in [-0.05, 0) is 43.2 Å². The average Bonchev–Trinajstić information content (AvgIpc) is 2.33. The predicted octanol–water partition coefficient (Wildman–Crippen LogP) is 3.81. The lowest BCUT2D eigenvalue weighted by atomic mass is 10.1. The highest BCUT2D eigenvalue weighted by Gasteiger charge is 2.02. The van der Waals surface area contributed by atoms with Crippen molar-refractivity contribution < 1.29 is 4.74 Å². The minimum absolute atomic E-state index is 0.0579. The summed E-state index contributed by atoms with van der Waals surface area (Å²) >= 11 is 0. The van der Waals surface area contributed by atoms with E-state index < -0.39 is 0 Å². The Morgan fingerprint density at radius 3 is 2.24 bits per heavy atom. The molecule has 0 radical (unpaired) electrons. The van der Waals surface area contributed by atoms with Gasteiger partial charge in [0.05, 0.1) is 0 Å². The second-order valence-corrected chi connectivity index (χ2v) is 4.23. The molecule has 0 bridgehead atoms. The highest BCUT2D eigenvalue weighted by atomic mass is 16.5. The van der Waals surface area contributed by atoms with E-state index in [0.717, 1.165) is 22.6 Å². The Balaban J connectivity index is 2.17. The molecule has 2 aromatic carbocycles. The van der Waals surface area contributed by atoms with Gasteiger partial charge >= 0.3 is 0 Å². The van der Waals surface area contributed by atoms with Crippen LogP contribution in [0.3, 0.4) is 0 Å². The fraction of sp³-hybridized carbons (Fsp3) is 0.200. The van der Waals surface area contributed by atoms with Crippen LogP contribution in [-0.4, -0.2) is 0 Å². The smallest absolute Gasteiger partial charge is 0.130 e. The van der Waals surface area contributed by atoms with Gasteiger partial charge in [0.1, 0.15) is 11.5 Å². The number of nitrogens with two attached hydrogens (primary N) is 1. The van der Waals surface area contributed by atoms with Crippen molar-refractivity contribution in [3.05, 3.63) is 59.7 Å². The Labute approximate surface area is 102 Å². The lowest BCUT2D eigenvalue weighted by Crippen LogP contribution is -2.04. The monoisotopic (exact) mass is 227 g/mol. The first kappa shape index (κ1) is 11.7. The van der Waals surface area contributed by atoms with Crippen LogP contribution in [0.25, 0.3) is 0 Å². The maximum atomic E-state index is 5.80. The highest BCUT2D eigenvalue weighted by molar-refractivity contribution is 5.38. The second kappa shape index (κ2) is 5.02. The molecule has 2 heteroatoms. The zero-order valence-electron chi connectivity index (χ0n) is 10.2. The molecule has 0 fully saturated rings. The van der Waals surface area contributed by atoms with Crippen molar-refractivity contribution in [1.82, 2.24) is 0 Å². The van der Waals surface area contributed by atoms with Crippen molar-refractivity contribution in [2.75, 3.05) is 0 Å². The van der Waals surface area contributed by atoms with Gasteiger partial charge in [0.25, 0.3) is 0 Å². The van der Waals surface area contributed by atoms with Crippen LogP contribution in [0.15, 0.2) is 48.5 Å². The van der Waals surface area contributed by atoms with Crippen LogP contribution >= 0.6 is 0 Å². The van der Waals surface area contributed by atoms with Gasteiger partial charge in [-0.25, -0.2) is 0 Å². The molecule has 0 aliphatic heterocycles. The molecule has 17 heavy (non-hydrogen) atoms. The largest absolute Gasteiger partial charge is 0.457 e. The summed E-state index contributed by atoms with van der Waals surface area (Å²) in [6, 6.07) is 15.9. The normalized spacial score (nSPS) is 12.2. The number of rotatable bonds is 3.